The monoisotopic (exact) mass is 269 g/mol. The van der Waals surface area contributed by atoms with E-state index in [2.05, 4.69) is 5.10 Å². The Morgan fingerprint density at radius 1 is 1.61 bits per heavy atom. The molecule has 2 rings (SSSR count). The highest BCUT2D eigenvalue weighted by Gasteiger charge is 2.30. The normalized spacial score (nSPS) is 19.5. The van der Waals surface area contributed by atoms with Crippen molar-refractivity contribution in [3.63, 3.8) is 0 Å². The third-order valence-electron chi connectivity index (χ3n) is 3.53. The van der Waals surface area contributed by atoms with Crippen LogP contribution in [0.1, 0.15) is 41.9 Å². The SMILES string of the molecule is Cc1cc(C(=O)N2CCCC2CCCCl)n(C)n1. The Hall–Kier alpha value is -1.03. The number of amides is 1. The molecular formula is C13H20ClN3O. The zero-order chi connectivity index (χ0) is 13.1. The van der Waals surface area contributed by atoms with Crippen molar-refractivity contribution in [2.45, 2.75) is 38.6 Å². The van der Waals surface area contributed by atoms with Gasteiger partial charge in [0, 0.05) is 25.5 Å². The van der Waals surface area contributed by atoms with Crippen molar-refractivity contribution in [2.75, 3.05) is 12.4 Å². The molecule has 1 aromatic rings. The Bertz CT molecular complexity index is 430. The fourth-order valence-corrected chi connectivity index (χ4v) is 2.83. The lowest BCUT2D eigenvalue weighted by Gasteiger charge is -2.24. The third-order valence-corrected chi connectivity index (χ3v) is 3.80. The maximum Gasteiger partial charge on any atom is 0.272 e. The zero-order valence-corrected chi connectivity index (χ0v) is 11.8. The van der Waals surface area contributed by atoms with E-state index in [1.54, 1.807) is 4.68 Å². The van der Waals surface area contributed by atoms with Gasteiger partial charge < -0.3 is 4.90 Å². The van der Waals surface area contributed by atoms with E-state index in [9.17, 15) is 4.79 Å². The Balaban J connectivity index is 2.10. The number of rotatable bonds is 4. The molecule has 1 amide bonds. The van der Waals surface area contributed by atoms with Crippen LogP contribution in [0.3, 0.4) is 0 Å². The van der Waals surface area contributed by atoms with E-state index in [0.717, 1.165) is 37.9 Å². The molecule has 18 heavy (non-hydrogen) atoms. The maximum atomic E-state index is 12.5. The van der Waals surface area contributed by atoms with E-state index in [1.165, 1.54) is 0 Å². The van der Waals surface area contributed by atoms with Crippen LogP contribution >= 0.6 is 11.6 Å². The summed E-state index contributed by atoms with van der Waals surface area (Å²) < 4.78 is 1.68. The topological polar surface area (TPSA) is 38.1 Å². The van der Waals surface area contributed by atoms with Crippen molar-refractivity contribution in [1.29, 1.82) is 0 Å². The average Bonchev–Trinajstić information content (AvgIpc) is 2.92. The van der Waals surface area contributed by atoms with E-state index in [1.807, 2.05) is 24.9 Å². The van der Waals surface area contributed by atoms with Crippen LogP contribution in [0.4, 0.5) is 0 Å². The van der Waals surface area contributed by atoms with E-state index >= 15 is 0 Å². The fraction of sp³-hybridized carbons (Fsp3) is 0.692. The lowest BCUT2D eigenvalue weighted by atomic mass is 10.1. The largest absolute Gasteiger partial charge is 0.334 e. The molecule has 1 atom stereocenters. The van der Waals surface area contributed by atoms with Crippen LogP contribution in [0.15, 0.2) is 6.07 Å². The molecule has 100 valence electrons. The first kappa shape index (κ1) is 13.4. The molecule has 0 spiro atoms. The molecule has 1 saturated heterocycles. The quantitative estimate of drug-likeness (QED) is 0.787. The summed E-state index contributed by atoms with van der Waals surface area (Å²) in [6.45, 7) is 2.77. The number of alkyl halides is 1. The zero-order valence-electron chi connectivity index (χ0n) is 11.0. The van der Waals surface area contributed by atoms with Crippen LogP contribution in [-0.2, 0) is 7.05 Å². The van der Waals surface area contributed by atoms with Crippen molar-refractivity contribution in [3.8, 4) is 0 Å². The maximum absolute atomic E-state index is 12.5. The summed E-state index contributed by atoms with van der Waals surface area (Å²) in [6, 6.07) is 2.21. The van der Waals surface area contributed by atoms with Gasteiger partial charge >= 0.3 is 0 Å². The standard InChI is InChI=1S/C13H20ClN3O/c1-10-9-12(16(2)15-10)13(18)17-8-4-6-11(17)5-3-7-14/h9,11H,3-8H2,1-2H3. The molecular weight excluding hydrogens is 250 g/mol. The molecule has 1 aromatic heterocycles. The molecule has 0 aliphatic carbocycles. The first-order valence-electron chi connectivity index (χ1n) is 6.51. The highest BCUT2D eigenvalue weighted by Crippen LogP contribution is 2.23. The van der Waals surface area contributed by atoms with Gasteiger partial charge in [-0.15, -0.1) is 11.6 Å². The second-order valence-electron chi connectivity index (χ2n) is 4.92. The molecule has 2 heterocycles. The van der Waals surface area contributed by atoms with Gasteiger partial charge in [-0.05, 0) is 38.7 Å². The van der Waals surface area contributed by atoms with E-state index in [-0.39, 0.29) is 5.91 Å². The number of carbonyl (C=O) groups excluding carboxylic acids is 1. The number of aryl methyl sites for hydroxylation is 2. The minimum Gasteiger partial charge on any atom is -0.334 e. The molecule has 5 heteroatoms. The Kier molecular flexibility index (Phi) is 4.27. The van der Waals surface area contributed by atoms with E-state index in [4.69, 9.17) is 11.6 Å². The van der Waals surface area contributed by atoms with Crippen LogP contribution in [0.25, 0.3) is 0 Å². The predicted octanol–water partition coefficient (Wildman–Crippen LogP) is 2.35. The van der Waals surface area contributed by atoms with Gasteiger partial charge in [0.15, 0.2) is 0 Å². The molecule has 4 nitrogen and oxygen atoms in total. The summed E-state index contributed by atoms with van der Waals surface area (Å²) in [5.74, 6) is 0.777. The highest BCUT2D eigenvalue weighted by molar-refractivity contribution is 6.17. The molecule has 1 aliphatic rings. The Morgan fingerprint density at radius 3 is 3.00 bits per heavy atom. The minimum absolute atomic E-state index is 0.107. The Morgan fingerprint density at radius 2 is 2.39 bits per heavy atom. The number of likely N-dealkylation sites (tertiary alicyclic amines) is 1. The first-order chi connectivity index (χ1) is 8.63. The van der Waals surface area contributed by atoms with Gasteiger partial charge in [-0.25, -0.2) is 0 Å². The van der Waals surface area contributed by atoms with Crippen molar-refractivity contribution in [2.24, 2.45) is 7.05 Å². The van der Waals surface area contributed by atoms with Crippen LogP contribution < -0.4 is 0 Å². The summed E-state index contributed by atoms with van der Waals surface area (Å²) in [5.41, 5.74) is 1.57. The van der Waals surface area contributed by atoms with Gasteiger partial charge in [0.05, 0.1) is 5.69 Å². The number of hydrogen-bond donors (Lipinski definition) is 0. The van der Waals surface area contributed by atoms with Gasteiger partial charge in [-0.3, -0.25) is 9.48 Å². The fourth-order valence-electron chi connectivity index (χ4n) is 2.67. The van der Waals surface area contributed by atoms with Crippen molar-refractivity contribution < 1.29 is 4.79 Å². The molecule has 0 N–H and O–H groups in total. The van der Waals surface area contributed by atoms with Gasteiger partial charge in [0.25, 0.3) is 5.91 Å². The third kappa shape index (κ3) is 2.69. The lowest BCUT2D eigenvalue weighted by molar-refractivity contribution is 0.0719. The summed E-state index contributed by atoms with van der Waals surface area (Å²) in [7, 11) is 1.82. The number of carbonyl (C=O) groups is 1. The summed E-state index contributed by atoms with van der Waals surface area (Å²) >= 11 is 5.74. The van der Waals surface area contributed by atoms with Gasteiger partial charge in [-0.2, -0.15) is 5.10 Å². The van der Waals surface area contributed by atoms with Gasteiger partial charge in [0.1, 0.15) is 5.69 Å². The van der Waals surface area contributed by atoms with Crippen molar-refractivity contribution in [1.82, 2.24) is 14.7 Å². The molecule has 0 aromatic carbocycles. The molecule has 1 aliphatic heterocycles. The van der Waals surface area contributed by atoms with Crippen LogP contribution in [0, 0.1) is 6.92 Å². The molecule has 0 saturated carbocycles. The number of aromatic nitrogens is 2. The summed E-state index contributed by atoms with van der Waals surface area (Å²) in [5, 5.41) is 4.24. The van der Waals surface area contributed by atoms with Crippen LogP contribution in [0.5, 0.6) is 0 Å². The second kappa shape index (κ2) is 5.74. The number of nitrogens with zero attached hydrogens (tertiary/aromatic N) is 3. The van der Waals surface area contributed by atoms with Crippen LogP contribution in [-0.4, -0.2) is 39.1 Å². The first-order valence-corrected chi connectivity index (χ1v) is 7.04. The van der Waals surface area contributed by atoms with Crippen LogP contribution in [0.2, 0.25) is 0 Å². The minimum atomic E-state index is 0.107. The highest BCUT2D eigenvalue weighted by atomic mass is 35.5. The summed E-state index contributed by atoms with van der Waals surface area (Å²) in [4.78, 5) is 14.5. The molecule has 0 bridgehead atoms. The number of halogens is 1. The second-order valence-corrected chi connectivity index (χ2v) is 5.30. The molecule has 1 fully saturated rings. The number of hydrogen-bond acceptors (Lipinski definition) is 2. The average molecular weight is 270 g/mol. The smallest absolute Gasteiger partial charge is 0.272 e. The van der Waals surface area contributed by atoms with Crippen molar-refractivity contribution in [3.05, 3.63) is 17.5 Å². The lowest BCUT2D eigenvalue weighted by Crippen LogP contribution is -2.36. The van der Waals surface area contributed by atoms with Gasteiger partial charge in [0.2, 0.25) is 0 Å². The molecule has 0 radical (unpaired) electrons. The Labute approximate surface area is 113 Å². The summed E-state index contributed by atoms with van der Waals surface area (Å²) in [6.07, 6.45) is 4.17. The molecule has 1 unspecified atom stereocenters. The van der Waals surface area contributed by atoms with Crippen molar-refractivity contribution >= 4 is 17.5 Å². The van der Waals surface area contributed by atoms with E-state index in [0.29, 0.717) is 17.6 Å². The predicted molar refractivity (Wildman–Crippen MR) is 72.0 cm³/mol. The van der Waals surface area contributed by atoms with Gasteiger partial charge in [-0.1, -0.05) is 0 Å². The van der Waals surface area contributed by atoms with E-state index < -0.39 is 0 Å².